The van der Waals surface area contributed by atoms with Gasteiger partial charge in [-0.15, -0.1) is 0 Å². The molecule has 0 aliphatic rings. The molecule has 0 aliphatic carbocycles. The van der Waals surface area contributed by atoms with Crippen LogP contribution >= 0.6 is 0 Å². The smallest absolute Gasteiger partial charge is 0.340 e. The molecule has 3 aromatic rings. The van der Waals surface area contributed by atoms with Crippen molar-refractivity contribution >= 4 is 23.4 Å². The van der Waals surface area contributed by atoms with Crippen molar-refractivity contribution in [2.75, 3.05) is 11.9 Å². The fraction of sp³-hybridized carbons (Fsp3) is 0.182. The Balaban J connectivity index is 2.04. The zero-order chi connectivity index (χ0) is 20.1. The Morgan fingerprint density at radius 1 is 1.07 bits per heavy atom. The van der Waals surface area contributed by atoms with Gasteiger partial charge < -0.3 is 15.2 Å². The largest absolute Gasteiger partial charge is 0.481 e. The minimum atomic E-state index is -0.874. The van der Waals surface area contributed by atoms with E-state index in [0.717, 1.165) is 22.9 Å². The monoisotopic (exact) mass is 378 g/mol. The van der Waals surface area contributed by atoms with E-state index in [1.807, 2.05) is 54.0 Å². The van der Waals surface area contributed by atoms with Gasteiger partial charge in [0, 0.05) is 17.1 Å². The summed E-state index contributed by atoms with van der Waals surface area (Å²) in [6, 6.07) is 18.7. The maximum atomic E-state index is 12.4. The molecule has 1 aromatic heterocycles. The molecule has 0 atom stereocenters. The number of carboxylic acids is 1. The molecule has 0 saturated carbocycles. The molecule has 0 radical (unpaired) electrons. The third-order valence-corrected chi connectivity index (χ3v) is 4.34. The van der Waals surface area contributed by atoms with E-state index in [1.165, 1.54) is 0 Å². The van der Waals surface area contributed by atoms with E-state index >= 15 is 0 Å². The number of nitrogens with one attached hydrogen (secondary N) is 1. The number of carbonyl (C=O) groups excluding carboxylic acids is 1. The number of benzene rings is 2. The lowest BCUT2D eigenvalue weighted by Crippen LogP contribution is -2.07. The zero-order valence-electron chi connectivity index (χ0n) is 15.8. The Labute approximate surface area is 163 Å². The first-order valence-corrected chi connectivity index (χ1v) is 9.02. The molecule has 6 nitrogen and oxygen atoms in total. The second-order valence-corrected chi connectivity index (χ2v) is 6.31. The Morgan fingerprint density at radius 2 is 1.75 bits per heavy atom. The van der Waals surface area contributed by atoms with Gasteiger partial charge in [-0.3, -0.25) is 9.36 Å². The average molecular weight is 378 g/mol. The van der Waals surface area contributed by atoms with Gasteiger partial charge in [-0.25, -0.2) is 4.79 Å². The summed E-state index contributed by atoms with van der Waals surface area (Å²) in [6.45, 7) is 3.93. The van der Waals surface area contributed by atoms with Crippen molar-refractivity contribution in [3.8, 4) is 5.69 Å². The summed E-state index contributed by atoms with van der Waals surface area (Å²) in [4.78, 5) is 23.3. The standard InChI is InChI=1S/C22H22N2O4/c1-3-28-22(27)19-14-20(23-17-7-5-4-6-8-17)24(15(19)2)18-11-9-16(10-12-18)13-21(25)26/h4-12,14,23H,3,13H2,1-2H3,(H,25,26). The molecule has 6 heteroatoms. The number of nitrogens with zero attached hydrogens (tertiary/aromatic N) is 1. The number of para-hydroxylation sites is 1. The van der Waals surface area contributed by atoms with E-state index in [1.54, 1.807) is 25.1 Å². The van der Waals surface area contributed by atoms with E-state index in [4.69, 9.17) is 9.84 Å². The highest BCUT2D eigenvalue weighted by atomic mass is 16.5. The number of carbonyl (C=O) groups is 2. The van der Waals surface area contributed by atoms with Crippen LogP contribution in [0.3, 0.4) is 0 Å². The van der Waals surface area contributed by atoms with Crippen molar-refractivity contribution in [3.63, 3.8) is 0 Å². The van der Waals surface area contributed by atoms with E-state index in [2.05, 4.69) is 5.32 Å². The second kappa shape index (κ2) is 8.43. The van der Waals surface area contributed by atoms with Crippen molar-refractivity contribution in [3.05, 3.63) is 77.5 Å². The van der Waals surface area contributed by atoms with Gasteiger partial charge in [0.05, 0.1) is 18.6 Å². The third-order valence-electron chi connectivity index (χ3n) is 4.34. The summed E-state index contributed by atoms with van der Waals surface area (Å²) < 4.78 is 7.10. The molecule has 0 spiro atoms. The van der Waals surface area contributed by atoms with E-state index in [0.29, 0.717) is 17.7 Å². The number of rotatable bonds is 7. The van der Waals surface area contributed by atoms with Crippen molar-refractivity contribution in [1.29, 1.82) is 0 Å². The van der Waals surface area contributed by atoms with Crippen LogP contribution in [0.1, 0.15) is 28.5 Å². The Kier molecular flexibility index (Phi) is 5.79. The molecular formula is C22H22N2O4. The molecule has 28 heavy (non-hydrogen) atoms. The Morgan fingerprint density at radius 3 is 2.36 bits per heavy atom. The highest BCUT2D eigenvalue weighted by Gasteiger charge is 2.20. The van der Waals surface area contributed by atoms with Crippen LogP contribution in [0.25, 0.3) is 5.69 Å². The number of anilines is 2. The SMILES string of the molecule is CCOC(=O)c1cc(Nc2ccccc2)n(-c2ccc(CC(=O)O)cc2)c1C. The quantitative estimate of drug-likeness (QED) is 0.598. The lowest BCUT2D eigenvalue weighted by Gasteiger charge is -2.14. The zero-order valence-corrected chi connectivity index (χ0v) is 15.8. The van der Waals surface area contributed by atoms with Crippen LogP contribution in [0.4, 0.5) is 11.5 Å². The van der Waals surface area contributed by atoms with Gasteiger partial charge >= 0.3 is 11.9 Å². The average Bonchev–Trinajstić information content (AvgIpc) is 2.99. The predicted molar refractivity (Wildman–Crippen MR) is 108 cm³/mol. The molecule has 2 N–H and O–H groups in total. The number of carboxylic acid groups (broad SMARTS) is 1. The van der Waals surface area contributed by atoms with Crippen molar-refractivity contribution < 1.29 is 19.4 Å². The van der Waals surface area contributed by atoms with E-state index < -0.39 is 5.97 Å². The first-order valence-electron chi connectivity index (χ1n) is 9.02. The molecule has 144 valence electrons. The lowest BCUT2D eigenvalue weighted by molar-refractivity contribution is -0.136. The van der Waals surface area contributed by atoms with Crippen molar-refractivity contribution in [2.45, 2.75) is 20.3 Å². The number of hydrogen-bond acceptors (Lipinski definition) is 4. The number of ether oxygens (including phenoxy) is 1. The number of esters is 1. The van der Waals surface area contributed by atoms with Crippen LogP contribution in [0.15, 0.2) is 60.7 Å². The van der Waals surface area contributed by atoms with Crippen LogP contribution < -0.4 is 5.32 Å². The Bertz CT molecular complexity index is 976. The summed E-state index contributed by atoms with van der Waals surface area (Å²) in [7, 11) is 0. The number of aliphatic carboxylic acids is 1. The molecule has 2 aromatic carbocycles. The first-order chi connectivity index (χ1) is 13.5. The summed E-state index contributed by atoms with van der Waals surface area (Å²) in [5.74, 6) is -0.531. The fourth-order valence-electron chi connectivity index (χ4n) is 3.05. The summed E-state index contributed by atoms with van der Waals surface area (Å²) in [5, 5.41) is 12.3. The van der Waals surface area contributed by atoms with Crippen LogP contribution in [0.2, 0.25) is 0 Å². The minimum Gasteiger partial charge on any atom is -0.481 e. The van der Waals surface area contributed by atoms with Crippen molar-refractivity contribution in [1.82, 2.24) is 4.57 Å². The molecule has 3 rings (SSSR count). The highest BCUT2D eigenvalue weighted by molar-refractivity contribution is 5.93. The molecule has 0 saturated heterocycles. The summed E-state index contributed by atoms with van der Waals surface area (Å²) >= 11 is 0. The van der Waals surface area contributed by atoms with E-state index in [9.17, 15) is 9.59 Å². The van der Waals surface area contributed by atoms with Crippen LogP contribution in [0, 0.1) is 6.92 Å². The molecule has 0 bridgehead atoms. The van der Waals surface area contributed by atoms with Gasteiger partial charge in [0.25, 0.3) is 0 Å². The van der Waals surface area contributed by atoms with Gasteiger partial charge in [-0.2, -0.15) is 0 Å². The maximum absolute atomic E-state index is 12.4. The topological polar surface area (TPSA) is 80.6 Å². The number of hydrogen-bond donors (Lipinski definition) is 2. The predicted octanol–water partition coefficient (Wildman–Crippen LogP) is 4.33. The molecule has 0 unspecified atom stereocenters. The fourth-order valence-corrected chi connectivity index (χ4v) is 3.05. The minimum absolute atomic E-state index is 0.0336. The van der Waals surface area contributed by atoms with Crippen LogP contribution in [0.5, 0.6) is 0 Å². The lowest BCUT2D eigenvalue weighted by atomic mass is 10.1. The van der Waals surface area contributed by atoms with Gasteiger partial charge in [-0.05, 0) is 49.7 Å². The van der Waals surface area contributed by atoms with Gasteiger partial charge in [0.1, 0.15) is 5.82 Å². The molecular weight excluding hydrogens is 356 g/mol. The maximum Gasteiger partial charge on any atom is 0.340 e. The second-order valence-electron chi connectivity index (χ2n) is 6.31. The van der Waals surface area contributed by atoms with Crippen LogP contribution in [-0.4, -0.2) is 28.2 Å². The first kappa shape index (κ1) is 19.2. The number of aromatic nitrogens is 1. The molecule has 0 aliphatic heterocycles. The van der Waals surface area contributed by atoms with Gasteiger partial charge in [0.15, 0.2) is 0 Å². The molecule has 1 heterocycles. The third kappa shape index (κ3) is 4.23. The van der Waals surface area contributed by atoms with Crippen LogP contribution in [-0.2, 0) is 16.0 Å². The molecule has 0 fully saturated rings. The normalized spacial score (nSPS) is 10.5. The van der Waals surface area contributed by atoms with Gasteiger partial charge in [0.2, 0.25) is 0 Å². The summed E-state index contributed by atoms with van der Waals surface area (Å²) in [5.41, 5.74) is 3.64. The Hall–Kier alpha value is -3.54. The highest BCUT2D eigenvalue weighted by Crippen LogP contribution is 2.28. The molecule has 0 amide bonds. The van der Waals surface area contributed by atoms with Crippen molar-refractivity contribution in [2.24, 2.45) is 0 Å². The van der Waals surface area contributed by atoms with Gasteiger partial charge in [-0.1, -0.05) is 30.3 Å². The summed E-state index contributed by atoms with van der Waals surface area (Å²) in [6.07, 6.45) is -0.0336. The van der Waals surface area contributed by atoms with E-state index in [-0.39, 0.29) is 12.4 Å².